The molecule has 4 nitrogen and oxygen atoms in total. The first-order chi connectivity index (χ1) is 14.8. The molecule has 1 atom stereocenters. The van der Waals surface area contributed by atoms with Crippen LogP contribution in [-0.2, 0) is 21.4 Å². The van der Waals surface area contributed by atoms with Crippen LogP contribution in [-0.4, -0.2) is 23.0 Å². The Morgan fingerprint density at radius 1 is 0.806 bits per heavy atom. The van der Waals surface area contributed by atoms with E-state index < -0.39 is 17.9 Å². The highest BCUT2D eigenvalue weighted by molar-refractivity contribution is 5.90. The van der Waals surface area contributed by atoms with Gasteiger partial charge in [-0.3, -0.25) is 4.79 Å². The number of nitrogens with one attached hydrogen (secondary N) is 1. The summed E-state index contributed by atoms with van der Waals surface area (Å²) in [5.74, 6) is -1.95. The predicted molar refractivity (Wildman–Crippen MR) is 123 cm³/mol. The van der Waals surface area contributed by atoms with Gasteiger partial charge in [-0.05, 0) is 27.7 Å². The summed E-state index contributed by atoms with van der Waals surface area (Å²) in [6.07, 6.45) is 0.224. The lowest BCUT2D eigenvalue weighted by atomic mass is 9.86. The van der Waals surface area contributed by atoms with Gasteiger partial charge in [0.1, 0.15) is 6.04 Å². The molecule has 3 aromatic rings. The Kier molecular flexibility index (Phi) is 6.91. The van der Waals surface area contributed by atoms with E-state index >= 15 is 0 Å². The Morgan fingerprint density at radius 3 is 1.71 bits per heavy atom. The van der Waals surface area contributed by atoms with Crippen molar-refractivity contribution in [2.45, 2.75) is 44.6 Å². The Balaban J connectivity index is 1.82. The zero-order valence-electron chi connectivity index (χ0n) is 18.2. The summed E-state index contributed by atoms with van der Waals surface area (Å²) in [5.41, 5.74) is 3.73. The number of carboxylic acids is 1. The summed E-state index contributed by atoms with van der Waals surface area (Å²) in [4.78, 5) is 25.2. The molecule has 0 radical (unpaired) electrons. The number of carbonyl (C=O) groups excluding carboxylic acids is 1. The maximum Gasteiger partial charge on any atom is 0.326 e. The molecule has 4 heteroatoms. The molecule has 0 aliphatic rings. The molecule has 0 bridgehead atoms. The van der Waals surface area contributed by atoms with E-state index in [0.29, 0.717) is 0 Å². The molecule has 0 unspecified atom stereocenters. The van der Waals surface area contributed by atoms with Gasteiger partial charge in [-0.15, -0.1) is 0 Å². The van der Waals surface area contributed by atoms with Crippen molar-refractivity contribution >= 4 is 11.9 Å². The molecule has 0 spiro atoms. The fraction of sp³-hybridized carbons (Fsp3) is 0.259. The van der Waals surface area contributed by atoms with E-state index in [1.165, 1.54) is 5.56 Å². The SMILES string of the molecule is CC(C)(C)c1ccc(C[C@@H](NC(=O)C(c2ccccc2)c2ccccc2)C(=O)O)cc1. The minimum Gasteiger partial charge on any atom is -0.480 e. The average Bonchev–Trinajstić information content (AvgIpc) is 2.75. The van der Waals surface area contributed by atoms with Crippen LogP contribution in [0.1, 0.15) is 48.9 Å². The second-order valence-corrected chi connectivity index (χ2v) is 8.80. The number of amides is 1. The molecule has 160 valence electrons. The largest absolute Gasteiger partial charge is 0.480 e. The number of hydrogen-bond acceptors (Lipinski definition) is 2. The Morgan fingerprint density at radius 2 is 1.29 bits per heavy atom. The summed E-state index contributed by atoms with van der Waals surface area (Å²) in [6, 6.07) is 25.8. The topological polar surface area (TPSA) is 66.4 Å². The first kappa shape index (κ1) is 22.3. The molecule has 0 heterocycles. The van der Waals surface area contributed by atoms with E-state index in [-0.39, 0.29) is 17.7 Å². The number of hydrogen-bond donors (Lipinski definition) is 2. The lowest BCUT2D eigenvalue weighted by Gasteiger charge is -2.22. The first-order valence-corrected chi connectivity index (χ1v) is 10.5. The van der Waals surface area contributed by atoms with Crippen LogP contribution in [0.5, 0.6) is 0 Å². The second-order valence-electron chi connectivity index (χ2n) is 8.80. The van der Waals surface area contributed by atoms with Crippen LogP contribution in [0.15, 0.2) is 84.9 Å². The van der Waals surface area contributed by atoms with Crippen molar-refractivity contribution < 1.29 is 14.7 Å². The fourth-order valence-electron chi connectivity index (χ4n) is 3.62. The van der Waals surface area contributed by atoms with E-state index in [9.17, 15) is 14.7 Å². The first-order valence-electron chi connectivity index (χ1n) is 10.5. The monoisotopic (exact) mass is 415 g/mol. The van der Waals surface area contributed by atoms with Crippen LogP contribution in [0, 0.1) is 0 Å². The van der Waals surface area contributed by atoms with Gasteiger partial charge in [0.15, 0.2) is 0 Å². The summed E-state index contributed by atoms with van der Waals surface area (Å²) < 4.78 is 0. The van der Waals surface area contributed by atoms with Crippen LogP contribution in [0.25, 0.3) is 0 Å². The van der Waals surface area contributed by atoms with Crippen molar-refractivity contribution in [1.82, 2.24) is 5.32 Å². The summed E-state index contributed by atoms with van der Waals surface area (Å²) >= 11 is 0. The highest BCUT2D eigenvalue weighted by atomic mass is 16.4. The van der Waals surface area contributed by atoms with Gasteiger partial charge < -0.3 is 10.4 Å². The van der Waals surface area contributed by atoms with E-state index in [1.807, 2.05) is 84.9 Å². The molecule has 31 heavy (non-hydrogen) atoms. The third-order valence-electron chi connectivity index (χ3n) is 5.40. The van der Waals surface area contributed by atoms with E-state index in [1.54, 1.807) is 0 Å². The van der Waals surface area contributed by atoms with E-state index in [4.69, 9.17) is 0 Å². The highest BCUT2D eigenvalue weighted by Crippen LogP contribution is 2.25. The van der Waals surface area contributed by atoms with E-state index in [2.05, 4.69) is 26.1 Å². The van der Waals surface area contributed by atoms with Crippen LogP contribution in [0.4, 0.5) is 0 Å². The van der Waals surface area contributed by atoms with Gasteiger partial charge in [0.25, 0.3) is 0 Å². The number of benzene rings is 3. The predicted octanol–water partition coefficient (Wildman–Crippen LogP) is 4.93. The van der Waals surface area contributed by atoms with Crippen LogP contribution >= 0.6 is 0 Å². The Hall–Kier alpha value is -3.40. The van der Waals surface area contributed by atoms with Gasteiger partial charge in [0, 0.05) is 6.42 Å². The third-order valence-corrected chi connectivity index (χ3v) is 5.40. The molecule has 1 amide bonds. The smallest absolute Gasteiger partial charge is 0.326 e. The van der Waals surface area contributed by atoms with Gasteiger partial charge in [0.2, 0.25) is 5.91 Å². The fourth-order valence-corrected chi connectivity index (χ4v) is 3.62. The molecular weight excluding hydrogens is 386 g/mol. The van der Waals surface area contributed by atoms with Crippen molar-refractivity contribution in [3.63, 3.8) is 0 Å². The van der Waals surface area contributed by atoms with Gasteiger partial charge in [0.05, 0.1) is 5.92 Å². The van der Waals surface area contributed by atoms with Gasteiger partial charge >= 0.3 is 5.97 Å². The van der Waals surface area contributed by atoms with Gasteiger partial charge in [-0.2, -0.15) is 0 Å². The van der Waals surface area contributed by atoms with Crippen molar-refractivity contribution in [2.75, 3.05) is 0 Å². The molecule has 0 saturated carbocycles. The number of carboxylic acid groups (broad SMARTS) is 1. The Bertz CT molecular complexity index is 966. The zero-order chi connectivity index (χ0) is 22.4. The third kappa shape index (κ3) is 5.82. The number of carbonyl (C=O) groups is 2. The molecule has 0 aromatic heterocycles. The quantitative estimate of drug-likeness (QED) is 0.575. The van der Waals surface area contributed by atoms with Crippen LogP contribution < -0.4 is 5.32 Å². The van der Waals surface area contributed by atoms with Crippen molar-refractivity contribution in [3.8, 4) is 0 Å². The molecule has 0 saturated heterocycles. The van der Waals surface area contributed by atoms with Crippen molar-refractivity contribution in [2.24, 2.45) is 0 Å². The normalized spacial score (nSPS) is 12.4. The molecule has 0 aliphatic carbocycles. The van der Waals surface area contributed by atoms with E-state index in [0.717, 1.165) is 16.7 Å². The van der Waals surface area contributed by atoms with Crippen LogP contribution in [0.3, 0.4) is 0 Å². The molecule has 2 N–H and O–H groups in total. The standard InChI is InChI=1S/C27H29NO3/c1-27(2,3)22-16-14-19(15-17-22)18-23(26(30)31)28-25(29)24(20-10-6-4-7-11-20)21-12-8-5-9-13-21/h4-17,23-24H,18H2,1-3H3,(H,28,29)(H,30,31)/t23-/m1/s1. The Labute approximate surface area is 183 Å². The van der Waals surface area contributed by atoms with Crippen molar-refractivity contribution in [1.29, 1.82) is 0 Å². The summed E-state index contributed by atoms with van der Waals surface area (Å²) in [5, 5.41) is 12.5. The summed E-state index contributed by atoms with van der Waals surface area (Å²) in [6.45, 7) is 6.40. The highest BCUT2D eigenvalue weighted by Gasteiger charge is 2.28. The van der Waals surface area contributed by atoms with Crippen molar-refractivity contribution in [3.05, 3.63) is 107 Å². The minimum atomic E-state index is -1.05. The second kappa shape index (κ2) is 9.61. The molecule has 0 aliphatic heterocycles. The molecule has 3 aromatic carbocycles. The minimum absolute atomic E-state index is 0.0253. The number of aliphatic carboxylic acids is 1. The molecular formula is C27H29NO3. The van der Waals surface area contributed by atoms with Gasteiger partial charge in [-0.25, -0.2) is 4.79 Å². The number of rotatable bonds is 7. The zero-order valence-corrected chi connectivity index (χ0v) is 18.2. The molecule has 3 rings (SSSR count). The van der Waals surface area contributed by atoms with Gasteiger partial charge in [-0.1, -0.05) is 106 Å². The maximum absolute atomic E-state index is 13.3. The van der Waals surface area contributed by atoms with Crippen LogP contribution in [0.2, 0.25) is 0 Å². The average molecular weight is 416 g/mol. The molecule has 0 fully saturated rings. The summed E-state index contributed by atoms with van der Waals surface area (Å²) in [7, 11) is 0. The lowest BCUT2D eigenvalue weighted by Crippen LogP contribution is -2.44. The maximum atomic E-state index is 13.3. The lowest BCUT2D eigenvalue weighted by molar-refractivity contribution is -0.141.